The van der Waals surface area contributed by atoms with Gasteiger partial charge in [0.25, 0.3) is 5.91 Å². The number of nitrogens with one attached hydrogen (secondary N) is 2. The first-order chi connectivity index (χ1) is 10.1. The van der Waals surface area contributed by atoms with Gasteiger partial charge in [0.15, 0.2) is 0 Å². The van der Waals surface area contributed by atoms with Crippen LogP contribution in [0.25, 0.3) is 0 Å². The van der Waals surface area contributed by atoms with Gasteiger partial charge in [0.1, 0.15) is 11.4 Å². The number of aromatic nitrogens is 1. The summed E-state index contributed by atoms with van der Waals surface area (Å²) in [5, 5.41) is 11.7. The van der Waals surface area contributed by atoms with Gasteiger partial charge < -0.3 is 20.1 Å². The molecule has 0 atom stereocenters. The Hall–Kier alpha value is -2.76. The van der Waals surface area contributed by atoms with Crippen molar-refractivity contribution in [3.05, 3.63) is 47.8 Å². The van der Waals surface area contributed by atoms with Crippen LogP contribution in [0.5, 0.6) is 5.75 Å². The first-order valence-electron chi connectivity index (χ1n) is 6.56. The summed E-state index contributed by atoms with van der Waals surface area (Å²) >= 11 is 0. The fraction of sp³-hybridized carbons (Fsp3) is 0.200. The predicted octanol–water partition coefficient (Wildman–Crippen LogP) is 2.75. The third-order valence-electron chi connectivity index (χ3n) is 2.78. The zero-order chi connectivity index (χ0) is 15.2. The predicted molar refractivity (Wildman–Crippen MR) is 77.9 cm³/mol. The Balaban J connectivity index is 2.27. The smallest absolute Gasteiger partial charge is 0.335 e. The summed E-state index contributed by atoms with van der Waals surface area (Å²) in [6.45, 7) is 2.45. The van der Waals surface area contributed by atoms with Crippen LogP contribution in [0.1, 0.15) is 34.2 Å². The van der Waals surface area contributed by atoms with E-state index in [0.29, 0.717) is 23.7 Å². The molecule has 0 aliphatic rings. The minimum absolute atomic E-state index is 0.0839. The maximum absolute atomic E-state index is 12.0. The molecule has 1 aromatic heterocycles. The van der Waals surface area contributed by atoms with Crippen LogP contribution < -0.4 is 10.1 Å². The van der Waals surface area contributed by atoms with E-state index in [-0.39, 0.29) is 11.5 Å². The molecule has 0 bridgehead atoms. The summed E-state index contributed by atoms with van der Waals surface area (Å²) in [7, 11) is 0. The number of carbonyl (C=O) groups is 2. The van der Waals surface area contributed by atoms with E-state index in [0.717, 1.165) is 6.42 Å². The maximum Gasteiger partial charge on any atom is 0.335 e. The van der Waals surface area contributed by atoms with Crippen LogP contribution in [0, 0.1) is 0 Å². The molecule has 1 amide bonds. The van der Waals surface area contributed by atoms with Crippen molar-refractivity contribution in [1.29, 1.82) is 0 Å². The van der Waals surface area contributed by atoms with Gasteiger partial charge in [-0.05, 0) is 36.8 Å². The van der Waals surface area contributed by atoms with Gasteiger partial charge in [-0.1, -0.05) is 6.92 Å². The zero-order valence-electron chi connectivity index (χ0n) is 11.6. The molecule has 1 aromatic carbocycles. The number of carbonyl (C=O) groups excluding carboxylic acids is 1. The molecule has 0 spiro atoms. The van der Waals surface area contributed by atoms with Gasteiger partial charge in [0, 0.05) is 6.20 Å². The molecule has 0 aliphatic heterocycles. The van der Waals surface area contributed by atoms with Gasteiger partial charge in [-0.15, -0.1) is 0 Å². The second kappa shape index (κ2) is 6.60. The van der Waals surface area contributed by atoms with Crippen molar-refractivity contribution in [3.63, 3.8) is 0 Å². The highest BCUT2D eigenvalue weighted by Crippen LogP contribution is 2.26. The van der Waals surface area contributed by atoms with Gasteiger partial charge in [0.2, 0.25) is 0 Å². The molecular weight excluding hydrogens is 272 g/mol. The second-order valence-electron chi connectivity index (χ2n) is 4.40. The summed E-state index contributed by atoms with van der Waals surface area (Å²) in [6.07, 6.45) is 2.45. The molecule has 2 rings (SSSR count). The van der Waals surface area contributed by atoms with E-state index in [9.17, 15) is 9.59 Å². The van der Waals surface area contributed by atoms with Crippen molar-refractivity contribution in [2.75, 3.05) is 11.9 Å². The van der Waals surface area contributed by atoms with E-state index < -0.39 is 5.97 Å². The van der Waals surface area contributed by atoms with Crippen LogP contribution in [0.2, 0.25) is 0 Å². The minimum Gasteiger partial charge on any atom is -0.491 e. The third-order valence-corrected chi connectivity index (χ3v) is 2.78. The van der Waals surface area contributed by atoms with Gasteiger partial charge in [-0.2, -0.15) is 0 Å². The van der Waals surface area contributed by atoms with Crippen molar-refractivity contribution in [3.8, 4) is 5.75 Å². The molecule has 6 heteroatoms. The van der Waals surface area contributed by atoms with E-state index in [1.54, 1.807) is 24.4 Å². The van der Waals surface area contributed by atoms with Crippen LogP contribution in [0.4, 0.5) is 5.69 Å². The Morgan fingerprint density at radius 1 is 1.33 bits per heavy atom. The summed E-state index contributed by atoms with van der Waals surface area (Å²) in [5.41, 5.74) is 0.806. The Bertz CT molecular complexity index is 635. The van der Waals surface area contributed by atoms with Gasteiger partial charge in [-0.3, -0.25) is 4.79 Å². The van der Waals surface area contributed by atoms with E-state index in [4.69, 9.17) is 9.84 Å². The lowest BCUT2D eigenvalue weighted by Gasteiger charge is -2.12. The molecule has 0 aliphatic carbocycles. The Morgan fingerprint density at radius 2 is 2.14 bits per heavy atom. The highest BCUT2D eigenvalue weighted by Gasteiger charge is 2.13. The number of benzene rings is 1. The number of anilines is 1. The molecule has 0 radical (unpaired) electrons. The van der Waals surface area contributed by atoms with Crippen LogP contribution in [-0.2, 0) is 0 Å². The highest BCUT2D eigenvalue weighted by atomic mass is 16.5. The standard InChI is InChI=1S/C15H16N2O4/c1-2-8-21-13-6-5-10(15(19)20)9-12(13)17-14(18)11-4-3-7-16-11/h3-7,9,16H,2,8H2,1H3,(H,17,18)(H,19,20). The van der Waals surface area contributed by atoms with E-state index >= 15 is 0 Å². The highest BCUT2D eigenvalue weighted by molar-refractivity contribution is 6.04. The van der Waals surface area contributed by atoms with Gasteiger partial charge >= 0.3 is 5.97 Å². The van der Waals surface area contributed by atoms with Crippen LogP contribution in [0.15, 0.2) is 36.5 Å². The zero-order valence-corrected chi connectivity index (χ0v) is 11.6. The summed E-state index contributed by atoms with van der Waals surface area (Å²) < 4.78 is 5.52. The third kappa shape index (κ3) is 3.62. The minimum atomic E-state index is -1.06. The number of carboxylic acid groups (broad SMARTS) is 1. The number of rotatable bonds is 6. The number of carboxylic acids is 1. The fourth-order valence-electron chi connectivity index (χ4n) is 1.76. The first kappa shape index (κ1) is 14.6. The molecule has 0 saturated carbocycles. The number of hydrogen-bond donors (Lipinski definition) is 3. The SMILES string of the molecule is CCCOc1ccc(C(=O)O)cc1NC(=O)c1ccc[nH]1. The van der Waals surface area contributed by atoms with E-state index in [2.05, 4.69) is 10.3 Å². The summed E-state index contributed by atoms with van der Waals surface area (Å²) in [6, 6.07) is 7.70. The Labute approximate surface area is 121 Å². The molecule has 6 nitrogen and oxygen atoms in total. The molecule has 0 unspecified atom stereocenters. The molecule has 1 heterocycles. The average molecular weight is 288 g/mol. The Morgan fingerprint density at radius 3 is 2.76 bits per heavy atom. The maximum atomic E-state index is 12.0. The summed E-state index contributed by atoms with van der Waals surface area (Å²) in [4.78, 5) is 25.9. The van der Waals surface area contributed by atoms with E-state index in [1.807, 2.05) is 6.92 Å². The molecular formula is C15H16N2O4. The van der Waals surface area contributed by atoms with Gasteiger partial charge in [0.05, 0.1) is 17.9 Å². The number of amides is 1. The first-order valence-corrected chi connectivity index (χ1v) is 6.56. The number of aromatic carboxylic acids is 1. The summed E-state index contributed by atoms with van der Waals surface area (Å²) in [5.74, 6) is -0.974. The lowest BCUT2D eigenvalue weighted by molar-refractivity contribution is 0.0696. The number of aromatic amines is 1. The van der Waals surface area contributed by atoms with Crippen molar-refractivity contribution in [1.82, 2.24) is 4.98 Å². The monoisotopic (exact) mass is 288 g/mol. The molecule has 2 aromatic rings. The number of ether oxygens (including phenoxy) is 1. The fourth-order valence-corrected chi connectivity index (χ4v) is 1.76. The normalized spacial score (nSPS) is 10.1. The van der Waals surface area contributed by atoms with Crippen molar-refractivity contribution in [2.45, 2.75) is 13.3 Å². The molecule has 0 fully saturated rings. The average Bonchev–Trinajstić information content (AvgIpc) is 3.00. The molecule has 21 heavy (non-hydrogen) atoms. The van der Waals surface area contributed by atoms with Gasteiger partial charge in [-0.25, -0.2) is 4.79 Å². The molecule has 0 saturated heterocycles. The lowest BCUT2D eigenvalue weighted by Crippen LogP contribution is -2.14. The topological polar surface area (TPSA) is 91.4 Å². The van der Waals surface area contributed by atoms with Crippen LogP contribution in [0.3, 0.4) is 0 Å². The Kier molecular flexibility index (Phi) is 4.61. The molecule has 3 N–H and O–H groups in total. The largest absolute Gasteiger partial charge is 0.491 e. The number of hydrogen-bond acceptors (Lipinski definition) is 3. The van der Waals surface area contributed by atoms with Crippen molar-refractivity contribution in [2.24, 2.45) is 0 Å². The van der Waals surface area contributed by atoms with Crippen molar-refractivity contribution < 1.29 is 19.4 Å². The van der Waals surface area contributed by atoms with Crippen molar-refractivity contribution >= 4 is 17.6 Å². The van der Waals surface area contributed by atoms with Crippen LogP contribution in [-0.4, -0.2) is 28.6 Å². The van der Waals surface area contributed by atoms with E-state index in [1.165, 1.54) is 12.1 Å². The second-order valence-corrected chi connectivity index (χ2v) is 4.40. The molecule has 110 valence electrons. The number of H-pyrrole nitrogens is 1. The lowest BCUT2D eigenvalue weighted by atomic mass is 10.2. The van der Waals surface area contributed by atoms with Crippen LogP contribution >= 0.6 is 0 Å². The quantitative estimate of drug-likeness (QED) is 0.762.